The SMILES string of the molecule is COc1cc(Nc2nccc(Nc3cnc4c(c3)CCC4)n2)ccc1OCCCN1CCCCC1. The number of ether oxygens (including phenoxy) is 2. The number of anilines is 4. The third-order valence-corrected chi connectivity index (χ3v) is 6.59. The number of methoxy groups -OCH3 is 1. The van der Waals surface area contributed by atoms with Crippen LogP contribution in [0, 0.1) is 0 Å². The van der Waals surface area contributed by atoms with E-state index in [1.54, 1.807) is 13.3 Å². The van der Waals surface area contributed by atoms with E-state index in [4.69, 9.17) is 9.47 Å². The van der Waals surface area contributed by atoms with E-state index >= 15 is 0 Å². The summed E-state index contributed by atoms with van der Waals surface area (Å²) in [4.78, 5) is 16.1. The Morgan fingerprint density at radius 1 is 0.914 bits per heavy atom. The van der Waals surface area contributed by atoms with Crippen molar-refractivity contribution in [1.82, 2.24) is 19.9 Å². The number of nitrogens with one attached hydrogen (secondary N) is 2. The van der Waals surface area contributed by atoms with Crippen LogP contribution in [0.1, 0.15) is 43.4 Å². The van der Waals surface area contributed by atoms with E-state index in [0.717, 1.165) is 42.9 Å². The molecular formula is C27H34N6O2. The number of aromatic nitrogens is 3. The van der Waals surface area contributed by atoms with E-state index in [1.165, 1.54) is 50.0 Å². The minimum Gasteiger partial charge on any atom is -0.493 e. The summed E-state index contributed by atoms with van der Waals surface area (Å²) < 4.78 is 11.6. The summed E-state index contributed by atoms with van der Waals surface area (Å²) in [6.45, 7) is 4.19. The largest absolute Gasteiger partial charge is 0.493 e. The Morgan fingerprint density at radius 2 is 1.83 bits per heavy atom. The molecular weight excluding hydrogens is 440 g/mol. The highest BCUT2D eigenvalue weighted by molar-refractivity contribution is 5.62. The zero-order valence-corrected chi connectivity index (χ0v) is 20.4. The van der Waals surface area contributed by atoms with Crippen LogP contribution in [0.15, 0.2) is 42.7 Å². The van der Waals surface area contributed by atoms with Crippen LogP contribution in [-0.4, -0.2) is 53.2 Å². The van der Waals surface area contributed by atoms with Crippen LogP contribution in [0.2, 0.25) is 0 Å². The van der Waals surface area contributed by atoms with E-state index in [9.17, 15) is 0 Å². The summed E-state index contributed by atoms with van der Waals surface area (Å²) in [7, 11) is 1.66. The maximum Gasteiger partial charge on any atom is 0.229 e. The van der Waals surface area contributed by atoms with E-state index < -0.39 is 0 Å². The highest BCUT2D eigenvalue weighted by atomic mass is 16.5. The standard InChI is InChI=1S/C27H34N6O2/c1-34-25-18-21(9-10-24(25)35-16-6-15-33-13-3-2-4-14-33)31-27-28-12-11-26(32-27)30-22-17-20-7-5-8-23(20)29-19-22/h9-12,17-19H,2-8,13-16H2,1H3,(H2,28,30,31,32). The first-order chi connectivity index (χ1) is 17.3. The van der Waals surface area contributed by atoms with E-state index in [-0.39, 0.29) is 0 Å². The maximum atomic E-state index is 6.01. The summed E-state index contributed by atoms with van der Waals surface area (Å²) in [6, 6.07) is 9.81. The molecule has 5 rings (SSSR count). The summed E-state index contributed by atoms with van der Waals surface area (Å²) in [5.74, 6) is 2.65. The van der Waals surface area contributed by atoms with Crippen molar-refractivity contribution < 1.29 is 9.47 Å². The Morgan fingerprint density at radius 3 is 2.71 bits per heavy atom. The number of piperidine rings is 1. The van der Waals surface area contributed by atoms with Gasteiger partial charge in [-0.3, -0.25) is 4.98 Å². The molecule has 0 atom stereocenters. The van der Waals surface area contributed by atoms with Gasteiger partial charge in [-0.1, -0.05) is 6.42 Å². The number of nitrogens with zero attached hydrogens (tertiary/aromatic N) is 4. The molecule has 3 heterocycles. The second-order valence-corrected chi connectivity index (χ2v) is 9.17. The minimum atomic E-state index is 0.501. The molecule has 35 heavy (non-hydrogen) atoms. The molecule has 2 aliphatic rings. The number of likely N-dealkylation sites (tertiary alicyclic amines) is 1. The van der Waals surface area contributed by atoms with Gasteiger partial charge in [0, 0.05) is 30.2 Å². The maximum absolute atomic E-state index is 6.01. The molecule has 8 heteroatoms. The third kappa shape index (κ3) is 6.19. The van der Waals surface area contributed by atoms with E-state index in [2.05, 4.69) is 36.6 Å². The molecule has 8 nitrogen and oxygen atoms in total. The molecule has 3 aromatic rings. The molecule has 1 fully saturated rings. The summed E-state index contributed by atoms with van der Waals surface area (Å²) in [5.41, 5.74) is 4.31. The molecule has 1 aromatic carbocycles. The number of rotatable bonds is 10. The van der Waals surface area contributed by atoms with Gasteiger partial charge >= 0.3 is 0 Å². The summed E-state index contributed by atoms with van der Waals surface area (Å²) >= 11 is 0. The first-order valence-electron chi connectivity index (χ1n) is 12.6. The lowest BCUT2D eigenvalue weighted by Crippen LogP contribution is -2.31. The second-order valence-electron chi connectivity index (χ2n) is 9.17. The Labute approximate surface area is 207 Å². The number of fused-ring (bicyclic) bond motifs is 1. The average Bonchev–Trinajstić information content (AvgIpc) is 3.36. The first kappa shape index (κ1) is 23.4. The molecule has 2 aromatic heterocycles. The van der Waals surface area contributed by atoms with Gasteiger partial charge in [0.1, 0.15) is 5.82 Å². The number of hydrogen-bond donors (Lipinski definition) is 2. The fraction of sp³-hybridized carbons (Fsp3) is 0.444. The molecule has 184 valence electrons. The zero-order valence-electron chi connectivity index (χ0n) is 20.4. The van der Waals surface area contributed by atoms with Gasteiger partial charge in [-0.2, -0.15) is 4.98 Å². The minimum absolute atomic E-state index is 0.501. The van der Waals surface area contributed by atoms with Gasteiger partial charge in [-0.25, -0.2) is 4.98 Å². The van der Waals surface area contributed by atoms with Gasteiger partial charge in [0.05, 0.1) is 25.6 Å². The van der Waals surface area contributed by atoms with Crippen LogP contribution in [0.25, 0.3) is 0 Å². The van der Waals surface area contributed by atoms with Crippen molar-refractivity contribution in [2.24, 2.45) is 0 Å². The first-order valence-corrected chi connectivity index (χ1v) is 12.6. The Hall–Kier alpha value is -3.39. The Bertz CT molecular complexity index is 1130. The monoisotopic (exact) mass is 474 g/mol. The predicted molar refractivity (Wildman–Crippen MR) is 138 cm³/mol. The van der Waals surface area contributed by atoms with Crippen molar-refractivity contribution >= 4 is 23.1 Å². The average molecular weight is 475 g/mol. The van der Waals surface area contributed by atoms with Gasteiger partial charge in [0.2, 0.25) is 5.95 Å². The number of benzene rings is 1. The fourth-order valence-electron chi connectivity index (χ4n) is 4.78. The zero-order chi connectivity index (χ0) is 23.9. The van der Waals surface area contributed by atoms with Crippen LogP contribution >= 0.6 is 0 Å². The van der Waals surface area contributed by atoms with Gasteiger partial charge < -0.3 is 25.0 Å². The molecule has 1 aliphatic heterocycles. The van der Waals surface area contributed by atoms with Crippen LogP contribution < -0.4 is 20.1 Å². The quantitative estimate of drug-likeness (QED) is 0.392. The smallest absolute Gasteiger partial charge is 0.229 e. The molecule has 0 spiro atoms. The Balaban J connectivity index is 1.17. The lowest BCUT2D eigenvalue weighted by molar-refractivity contribution is 0.203. The molecule has 0 saturated carbocycles. The number of hydrogen-bond acceptors (Lipinski definition) is 8. The van der Waals surface area contributed by atoms with E-state index in [1.807, 2.05) is 30.5 Å². The van der Waals surface area contributed by atoms with Crippen molar-refractivity contribution in [3.8, 4) is 11.5 Å². The van der Waals surface area contributed by atoms with Crippen LogP contribution in [0.5, 0.6) is 11.5 Å². The lowest BCUT2D eigenvalue weighted by atomic mass is 10.1. The van der Waals surface area contributed by atoms with Crippen molar-refractivity contribution in [3.63, 3.8) is 0 Å². The van der Waals surface area contributed by atoms with Crippen LogP contribution in [0.4, 0.5) is 23.1 Å². The third-order valence-electron chi connectivity index (χ3n) is 6.59. The van der Waals surface area contributed by atoms with Gasteiger partial charge in [-0.05, 0) is 81.4 Å². The van der Waals surface area contributed by atoms with Crippen LogP contribution in [-0.2, 0) is 12.8 Å². The fourth-order valence-corrected chi connectivity index (χ4v) is 4.78. The molecule has 1 saturated heterocycles. The number of pyridine rings is 1. The van der Waals surface area contributed by atoms with Gasteiger partial charge in [-0.15, -0.1) is 0 Å². The van der Waals surface area contributed by atoms with Crippen molar-refractivity contribution in [1.29, 1.82) is 0 Å². The lowest BCUT2D eigenvalue weighted by Gasteiger charge is -2.26. The van der Waals surface area contributed by atoms with Gasteiger partial charge in [0.15, 0.2) is 11.5 Å². The highest BCUT2D eigenvalue weighted by Crippen LogP contribution is 2.31. The molecule has 2 N–H and O–H groups in total. The van der Waals surface area contributed by atoms with Crippen LogP contribution in [0.3, 0.4) is 0 Å². The topological polar surface area (TPSA) is 84.4 Å². The summed E-state index contributed by atoms with van der Waals surface area (Å²) in [6.07, 6.45) is 12.0. The second kappa shape index (κ2) is 11.4. The van der Waals surface area contributed by atoms with Gasteiger partial charge in [0.25, 0.3) is 0 Å². The van der Waals surface area contributed by atoms with Crippen molar-refractivity contribution in [3.05, 3.63) is 54.0 Å². The molecule has 0 radical (unpaired) electrons. The van der Waals surface area contributed by atoms with Crippen molar-refractivity contribution in [2.75, 3.05) is 44.0 Å². The molecule has 0 amide bonds. The molecule has 0 unspecified atom stereocenters. The summed E-state index contributed by atoms with van der Waals surface area (Å²) in [5, 5.41) is 6.61. The normalized spacial score (nSPS) is 15.5. The number of aryl methyl sites for hydroxylation is 2. The molecule has 0 bridgehead atoms. The van der Waals surface area contributed by atoms with Crippen molar-refractivity contribution in [2.45, 2.75) is 44.9 Å². The van der Waals surface area contributed by atoms with E-state index in [0.29, 0.717) is 24.1 Å². The highest BCUT2D eigenvalue weighted by Gasteiger charge is 2.13. The molecule has 1 aliphatic carbocycles. The Kier molecular flexibility index (Phi) is 7.58. The predicted octanol–water partition coefficient (Wildman–Crippen LogP) is 5.11.